The molecule has 2 aromatic rings. The van der Waals surface area contributed by atoms with E-state index in [1.165, 1.54) is 4.31 Å². The second kappa shape index (κ2) is 8.34. The number of benzene rings is 2. The fraction of sp³-hybridized carbons (Fsp3) is 0.263. The van der Waals surface area contributed by atoms with Gasteiger partial charge in [0, 0.05) is 6.54 Å². The molecule has 2 aromatic carbocycles. The summed E-state index contributed by atoms with van der Waals surface area (Å²) in [4.78, 5) is -0.128. The fourth-order valence-corrected chi connectivity index (χ4v) is 4.35. The first-order valence-corrected chi connectivity index (χ1v) is 9.86. The molecule has 0 aliphatic carbocycles. The summed E-state index contributed by atoms with van der Waals surface area (Å²) < 4.78 is 73.8. The lowest BCUT2D eigenvalue weighted by atomic mass is 10.2. The second-order valence-corrected chi connectivity index (χ2v) is 7.98. The summed E-state index contributed by atoms with van der Waals surface area (Å²) in [7, 11) is -3.99. The zero-order valence-electron chi connectivity index (χ0n) is 14.7. The number of rotatable bonds is 6. The highest BCUT2D eigenvalue weighted by atomic mass is 32.2. The van der Waals surface area contributed by atoms with Crippen molar-refractivity contribution in [2.45, 2.75) is 23.8 Å². The molecule has 1 atom stereocenters. The van der Waals surface area contributed by atoms with Gasteiger partial charge in [0.1, 0.15) is 5.75 Å². The molecule has 0 bridgehead atoms. The van der Waals surface area contributed by atoms with Crippen LogP contribution >= 0.6 is 0 Å². The van der Waals surface area contributed by atoms with Gasteiger partial charge in [-0.3, -0.25) is 0 Å². The molecule has 150 valence electrons. The molecule has 0 spiro atoms. The van der Waals surface area contributed by atoms with Crippen molar-refractivity contribution in [1.29, 1.82) is 0 Å². The van der Waals surface area contributed by atoms with Gasteiger partial charge in [-0.25, -0.2) is 8.42 Å². The second-order valence-electron chi connectivity index (χ2n) is 6.09. The Morgan fingerprint density at radius 3 is 2.32 bits per heavy atom. The predicted molar refractivity (Wildman–Crippen MR) is 96.0 cm³/mol. The van der Waals surface area contributed by atoms with E-state index in [2.05, 4.69) is 4.74 Å². The summed E-state index contributed by atoms with van der Waals surface area (Å²) in [5.74, 6) is -0.484. The quantitative estimate of drug-likeness (QED) is 0.678. The SMILES string of the molecule is O=S(=O)(c1ccc(OC(F)(F)F)cc1)N(Cc1ccccc1)[C@@H]1C=CCOC1. The molecule has 0 amide bonds. The largest absolute Gasteiger partial charge is 0.573 e. The zero-order chi connectivity index (χ0) is 20.2. The van der Waals surface area contributed by atoms with E-state index in [-0.39, 0.29) is 18.0 Å². The molecule has 1 aliphatic heterocycles. The molecule has 1 aliphatic rings. The van der Waals surface area contributed by atoms with Crippen LogP contribution in [0.3, 0.4) is 0 Å². The van der Waals surface area contributed by atoms with Gasteiger partial charge in [0.25, 0.3) is 0 Å². The van der Waals surface area contributed by atoms with E-state index >= 15 is 0 Å². The number of alkyl halides is 3. The normalized spacial score (nSPS) is 17.6. The van der Waals surface area contributed by atoms with Gasteiger partial charge in [-0.15, -0.1) is 13.2 Å². The Balaban J connectivity index is 1.91. The lowest BCUT2D eigenvalue weighted by Gasteiger charge is -2.30. The molecular weight excluding hydrogens is 395 g/mol. The van der Waals surface area contributed by atoms with E-state index in [4.69, 9.17) is 4.74 Å². The zero-order valence-corrected chi connectivity index (χ0v) is 15.5. The average Bonchev–Trinajstić information content (AvgIpc) is 2.67. The summed E-state index contributed by atoms with van der Waals surface area (Å²) in [6.45, 7) is 0.694. The van der Waals surface area contributed by atoms with Gasteiger partial charge in [0.15, 0.2) is 0 Å². The molecule has 0 saturated heterocycles. The summed E-state index contributed by atoms with van der Waals surface area (Å²) in [6.07, 6.45) is -1.35. The van der Waals surface area contributed by atoms with Crippen LogP contribution < -0.4 is 4.74 Å². The maximum absolute atomic E-state index is 13.2. The Morgan fingerprint density at radius 1 is 1.07 bits per heavy atom. The summed E-state index contributed by atoms with van der Waals surface area (Å²) >= 11 is 0. The third kappa shape index (κ3) is 5.12. The van der Waals surface area contributed by atoms with Crippen molar-refractivity contribution < 1.29 is 31.1 Å². The molecule has 5 nitrogen and oxygen atoms in total. The van der Waals surface area contributed by atoms with E-state index in [0.717, 1.165) is 29.8 Å². The minimum atomic E-state index is -4.84. The number of hydrogen-bond donors (Lipinski definition) is 0. The molecule has 0 fully saturated rings. The summed E-state index contributed by atoms with van der Waals surface area (Å²) in [6, 6.07) is 12.7. The molecule has 0 saturated carbocycles. The number of hydrogen-bond acceptors (Lipinski definition) is 4. The van der Waals surface area contributed by atoms with Crippen LogP contribution in [0.5, 0.6) is 5.75 Å². The fourth-order valence-electron chi connectivity index (χ4n) is 2.80. The highest BCUT2D eigenvalue weighted by Gasteiger charge is 2.33. The first kappa shape index (κ1) is 20.4. The molecule has 3 rings (SSSR count). The lowest BCUT2D eigenvalue weighted by Crippen LogP contribution is -2.42. The predicted octanol–water partition coefficient (Wildman–Crippen LogP) is 3.73. The minimum Gasteiger partial charge on any atom is -0.406 e. The van der Waals surface area contributed by atoms with Crippen LogP contribution in [0.2, 0.25) is 0 Å². The third-order valence-corrected chi connectivity index (χ3v) is 5.96. The van der Waals surface area contributed by atoms with Crippen molar-refractivity contribution in [2.75, 3.05) is 13.2 Å². The van der Waals surface area contributed by atoms with Gasteiger partial charge in [-0.1, -0.05) is 42.5 Å². The van der Waals surface area contributed by atoms with Crippen LogP contribution in [0.15, 0.2) is 71.6 Å². The smallest absolute Gasteiger partial charge is 0.406 e. The van der Waals surface area contributed by atoms with Crippen molar-refractivity contribution >= 4 is 10.0 Å². The van der Waals surface area contributed by atoms with E-state index in [9.17, 15) is 21.6 Å². The van der Waals surface area contributed by atoms with Gasteiger partial charge >= 0.3 is 6.36 Å². The van der Waals surface area contributed by atoms with Gasteiger partial charge in [-0.05, 0) is 29.8 Å². The molecule has 28 heavy (non-hydrogen) atoms. The molecule has 0 N–H and O–H groups in total. The number of halogens is 3. The first-order chi connectivity index (χ1) is 13.3. The molecule has 1 heterocycles. The average molecular weight is 413 g/mol. The van der Waals surface area contributed by atoms with Crippen molar-refractivity contribution in [2.24, 2.45) is 0 Å². The Kier molecular flexibility index (Phi) is 6.07. The molecule has 9 heteroatoms. The Labute approximate surface area is 161 Å². The number of nitrogens with zero attached hydrogens (tertiary/aromatic N) is 1. The van der Waals surface area contributed by atoms with Crippen molar-refractivity contribution in [1.82, 2.24) is 4.31 Å². The summed E-state index contributed by atoms with van der Waals surface area (Å²) in [5, 5.41) is 0. The minimum absolute atomic E-state index is 0.0995. The van der Waals surface area contributed by atoms with Gasteiger partial charge in [-0.2, -0.15) is 4.31 Å². The highest BCUT2D eigenvalue weighted by Crippen LogP contribution is 2.27. The Hall–Kier alpha value is -2.36. The van der Waals surface area contributed by atoms with Crippen molar-refractivity contribution in [3.63, 3.8) is 0 Å². The van der Waals surface area contributed by atoms with Crippen LogP contribution in [0.25, 0.3) is 0 Å². The monoisotopic (exact) mass is 413 g/mol. The van der Waals surface area contributed by atoms with Gasteiger partial charge in [0.05, 0.1) is 24.2 Å². The van der Waals surface area contributed by atoms with Gasteiger partial charge < -0.3 is 9.47 Å². The van der Waals surface area contributed by atoms with Crippen LogP contribution in [0, 0.1) is 0 Å². The topological polar surface area (TPSA) is 55.8 Å². The standard InChI is InChI=1S/C19H18F3NO4S/c20-19(21,22)27-17-8-10-18(11-9-17)28(24,25)23(16-7-4-12-26-14-16)13-15-5-2-1-3-6-15/h1-11,16H,12-14H2/t16-/m1/s1. The van der Waals surface area contributed by atoms with Crippen molar-refractivity contribution in [3.8, 4) is 5.75 Å². The van der Waals surface area contributed by atoms with Crippen molar-refractivity contribution in [3.05, 3.63) is 72.3 Å². The molecule has 0 radical (unpaired) electrons. The molecule has 0 unspecified atom stereocenters. The summed E-state index contributed by atoms with van der Waals surface area (Å²) in [5.41, 5.74) is 0.780. The van der Waals surface area contributed by atoms with Crippen LogP contribution in [0.4, 0.5) is 13.2 Å². The first-order valence-electron chi connectivity index (χ1n) is 8.42. The highest BCUT2D eigenvalue weighted by molar-refractivity contribution is 7.89. The third-order valence-electron chi connectivity index (χ3n) is 4.08. The lowest BCUT2D eigenvalue weighted by molar-refractivity contribution is -0.274. The maximum atomic E-state index is 13.2. The van der Waals surface area contributed by atoms with E-state index < -0.39 is 28.2 Å². The number of sulfonamides is 1. The Morgan fingerprint density at radius 2 is 1.75 bits per heavy atom. The maximum Gasteiger partial charge on any atom is 0.573 e. The molecular formula is C19H18F3NO4S. The van der Waals surface area contributed by atoms with E-state index in [1.807, 2.05) is 6.07 Å². The van der Waals surface area contributed by atoms with Crippen LogP contribution in [-0.4, -0.2) is 38.3 Å². The van der Waals surface area contributed by atoms with E-state index in [1.54, 1.807) is 36.4 Å². The van der Waals surface area contributed by atoms with Crippen LogP contribution in [-0.2, 0) is 21.3 Å². The Bertz CT molecular complexity index is 912. The molecule has 0 aromatic heterocycles. The van der Waals surface area contributed by atoms with Gasteiger partial charge in [0.2, 0.25) is 10.0 Å². The number of ether oxygens (including phenoxy) is 2. The van der Waals surface area contributed by atoms with E-state index in [0.29, 0.717) is 6.61 Å². The van der Waals surface area contributed by atoms with Crippen LogP contribution in [0.1, 0.15) is 5.56 Å².